The first-order valence-corrected chi connectivity index (χ1v) is 4.91. The molecule has 0 aromatic carbocycles. The van der Waals surface area contributed by atoms with Crippen molar-refractivity contribution < 1.29 is 0 Å². The Morgan fingerprint density at radius 3 is 2.18 bits per heavy atom. The van der Waals surface area contributed by atoms with Crippen molar-refractivity contribution >= 4 is 0 Å². The van der Waals surface area contributed by atoms with Gasteiger partial charge in [0.1, 0.15) is 0 Å². The van der Waals surface area contributed by atoms with Crippen LogP contribution >= 0.6 is 0 Å². The minimum Gasteiger partial charge on any atom is -0.0654 e. The fourth-order valence-electron chi connectivity index (χ4n) is 1.46. The molecule has 0 atom stereocenters. The maximum atomic E-state index is 3.90. The van der Waals surface area contributed by atoms with E-state index in [0.717, 1.165) is 6.42 Å². The zero-order chi connectivity index (χ0) is 8.74. The zero-order valence-electron chi connectivity index (χ0n) is 8.45. The second-order valence-corrected chi connectivity index (χ2v) is 4.22. The lowest BCUT2D eigenvalue weighted by molar-refractivity contribution is 0.297. The predicted molar refractivity (Wildman–Crippen MR) is 52.5 cm³/mol. The first-order valence-electron chi connectivity index (χ1n) is 4.91. The first kappa shape index (κ1) is 11.0. The van der Waals surface area contributed by atoms with Gasteiger partial charge in [0.2, 0.25) is 0 Å². The molecular formula is C11H23. The second kappa shape index (κ2) is 5.62. The van der Waals surface area contributed by atoms with Gasteiger partial charge >= 0.3 is 0 Å². The lowest BCUT2D eigenvalue weighted by Crippen LogP contribution is -2.10. The molecule has 0 saturated heterocycles. The lowest BCUT2D eigenvalue weighted by atomic mass is 9.83. The van der Waals surface area contributed by atoms with Crippen molar-refractivity contribution in [3.63, 3.8) is 0 Å². The third kappa shape index (κ3) is 6.40. The molecule has 0 aromatic rings. The summed E-state index contributed by atoms with van der Waals surface area (Å²) in [6, 6.07) is 0. The highest BCUT2D eigenvalue weighted by Crippen LogP contribution is 2.28. The van der Waals surface area contributed by atoms with Crippen LogP contribution in [0.5, 0.6) is 0 Å². The Balaban J connectivity index is 3.38. The summed E-state index contributed by atoms with van der Waals surface area (Å²) >= 11 is 0. The maximum absolute atomic E-state index is 3.90. The van der Waals surface area contributed by atoms with E-state index in [2.05, 4.69) is 27.7 Å². The monoisotopic (exact) mass is 155 g/mol. The van der Waals surface area contributed by atoms with Crippen LogP contribution in [0.2, 0.25) is 0 Å². The molecule has 11 heavy (non-hydrogen) atoms. The van der Waals surface area contributed by atoms with Gasteiger partial charge in [0, 0.05) is 0 Å². The van der Waals surface area contributed by atoms with Crippen molar-refractivity contribution in [3.05, 3.63) is 6.92 Å². The molecule has 0 unspecified atom stereocenters. The standard InChI is InChI=1S/C11H23/c1-5-7-8-10-11(3,4)9-6-2/h2,5-10H2,1,3-4H3. The highest BCUT2D eigenvalue weighted by atomic mass is 14.2. The third-order valence-corrected chi connectivity index (χ3v) is 2.31. The van der Waals surface area contributed by atoms with Gasteiger partial charge in [-0.05, 0) is 18.3 Å². The van der Waals surface area contributed by atoms with E-state index in [1.165, 1.54) is 32.1 Å². The van der Waals surface area contributed by atoms with Gasteiger partial charge in [-0.25, -0.2) is 0 Å². The minimum absolute atomic E-state index is 0.539. The summed E-state index contributed by atoms with van der Waals surface area (Å²) < 4.78 is 0. The Kier molecular flexibility index (Phi) is 5.62. The van der Waals surface area contributed by atoms with Gasteiger partial charge in [-0.2, -0.15) is 0 Å². The summed E-state index contributed by atoms with van der Waals surface area (Å²) in [7, 11) is 0. The van der Waals surface area contributed by atoms with Crippen LogP contribution in [-0.2, 0) is 0 Å². The first-order chi connectivity index (χ1) is 5.12. The zero-order valence-corrected chi connectivity index (χ0v) is 8.45. The number of hydrogen-bond donors (Lipinski definition) is 0. The van der Waals surface area contributed by atoms with E-state index in [9.17, 15) is 0 Å². The molecular weight excluding hydrogens is 132 g/mol. The smallest absolute Gasteiger partial charge is 0.0354 e. The second-order valence-electron chi connectivity index (χ2n) is 4.22. The Bertz CT molecular complexity index is 82.0. The molecule has 0 nitrogen and oxygen atoms in total. The Morgan fingerprint density at radius 2 is 1.73 bits per heavy atom. The molecule has 0 N–H and O–H groups in total. The third-order valence-electron chi connectivity index (χ3n) is 2.31. The predicted octanol–water partition coefficient (Wildman–Crippen LogP) is 4.21. The molecule has 0 heterocycles. The quantitative estimate of drug-likeness (QED) is 0.504. The Labute approximate surface area is 72.4 Å². The average molecular weight is 155 g/mol. The lowest BCUT2D eigenvalue weighted by Gasteiger charge is -2.23. The fourth-order valence-corrected chi connectivity index (χ4v) is 1.46. The van der Waals surface area contributed by atoms with Crippen molar-refractivity contribution in [2.75, 3.05) is 0 Å². The molecule has 1 radical (unpaired) electrons. The Morgan fingerprint density at radius 1 is 1.09 bits per heavy atom. The van der Waals surface area contributed by atoms with Gasteiger partial charge < -0.3 is 0 Å². The van der Waals surface area contributed by atoms with Crippen molar-refractivity contribution in [2.45, 2.75) is 59.3 Å². The van der Waals surface area contributed by atoms with Crippen molar-refractivity contribution in [1.82, 2.24) is 0 Å². The van der Waals surface area contributed by atoms with Crippen LogP contribution < -0.4 is 0 Å². The molecule has 0 aliphatic heterocycles. The van der Waals surface area contributed by atoms with Gasteiger partial charge in [0.15, 0.2) is 0 Å². The van der Waals surface area contributed by atoms with E-state index in [0.29, 0.717) is 5.41 Å². The van der Waals surface area contributed by atoms with Gasteiger partial charge in [-0.15, -0.1) is 0 Å². The molecule has 0 rings (SSSR count). The van der Waals surface area contributed by atoms with E-state index in [1.807, 2.05) is 0 Å². The number of unbranched alkanes of at least 4 members (excludes halogenated alkanes) is 2. The molecule has 0 aromatic heterocycles. The topological polar surface area (TPSA) is 0 Å². The molecule has 0 amide bonds. The van der Waals surface area contributed by atoms with E-state index in [1.54, 1.807) is 0 Å². The molecule has 0 heteroatoms. The molecule has 0 aliphatic carbocycles. The van der Waals surface area contributed by atoms with E-state index < -0.39 is 0 Å². The van der Waals surface area contributed by atoms with Crippen LogP contribution in [-0.4, -0.2) is 0 Å². The summed E-state index contributed by atoms with van der Waals surface area (Å²) in [5, 5.41) is 0. The maximum Gasteiger partial charge on any atom is -0.0354 e. The highest BCUT2D eigenvalue weighted by molar-refractivity contribution is 4.68. The number of rotatable bonds is 6. The summed E-state index contributed by atoms with van der Waals surface area (Å²) in [5.74, 6) is 0. The summed E-state index contributed by atoms with van der Waals surface area (Å²) in [6.45, 7) is 10.9. The molecule has 0 spiro atoms. The van der Waals surface area contributed by atoms with E-state index >= 15 is 0 Å². The molecule has 0 saturated carbocycles. The van der Waals surface area contributed by atoms with Crippen molar-refractivity contribution in [3.8, 4) is 0 Å². The largest absolute Gasteiger partial charge is 0.0654 e. The molecule has 0 aliphatic rings. The van der Waals surface area contributed by atoms with Crippen LogP contribution in [0.25, 0.3) is 0 Å². The molecule has 0 fully saturated rings. The molecule has 67 valence electrons. The fraction of sp³-hybridized carbons (Fsp3) is 0.909. The summed E-state index contributed by atoms with van der Waals surface area (Å²) in [5.41, 5.74) is 0.539. The summed E-state index contributed by atoms with van der Waals surface area (Å²) in [4.78, 5) is 0. The van der Waals surface area contributed by atoms with Crippen LogP contribution in [0.1, 0.15) is 59.3 Å². The van der Waals surface area contributed by atoms with Crippen molar-refractivity contribution in [1.29, 1.82) is 0 Å². The van der Waals surface area contributed by atoms with Gasteiger partial charge in [0.25, 0.3) is 0 Å². The summed E-state index contributed by atoms with van der Waals surface area (Å²) in [6.07, 6.45) is 7.84. The van der Waals surface area contributed by atoms with Crippen LogP contribution in [0.3, 0.4) is 0 Å². The van der Waals surface area contributed by atoms with Gasteiger partial charge in [-0.1, -0.05) is 53.4 Å². The van der Waals surface area contributed by atoms with Crippen LogP contribution in [0.15, 0.2) is 0 Å². The van der Waals surface area contributed by atoms with Gasteiger partial charge in [-0.3, -0.25) is 0 Å². The highest BCUT2D eigenvalue weighted by Gasteiger charge is 2.14. The molecule has 0 bridgehead atoms. The Hall–Kier alpha value is 0. The SMILES string of the molecule is [CH2]CCC(C)(C)CCCCC. The van der Waals surface area contributed by atoms with Crippen LogP contribution in [0.4, 0.5) is 0 Å². The number of hydrogen-bond acceptors (Lipinski definition) is 0. The normalized spacial score (nSPS) is 12.0. The average Bonchev–Trinajstić information content (AvgIpc) is 1.87. The minimum atomic E-state index is 0.539. The van der Waals surface area contributed by atoms with E-state index in [4.69, 9.17) is 0 Å². The van der Waals surface area contributed by atoms with Gasteiger partial charge in [0.05, 0.1) is 0 Å². The van der Waals surface area contributed by atoms with Crippen LogP contribution in [0, 0.1) is 12.3 Å². The van der Waals surface area contributed by atoms with Crippen molar-refractivity contribution in [2.24, 2.45) is 5.41 Å². The van der Waals surface area contributed by atoms with E-state index in [-0.39, 0.29) is 0 Å².